The molecule has 5 heteroatoms. The van der Waals surface area contributed by atoms with E-state index in [0.29, 0.717) is 6.67 Å². The smallest absolute Gasteiger partial charge is 0.137 e. The fraction of sp³-hybridized carbons (Fsp3) is 0.348. The number of aromatic nitrogens is 2. The Kier molecular flexibility index (Phi) is 12.3. The number of rotatable bonds is 9. The van der Waals surface area contributed by atoms with Crippen LogP contribution in [0.5, 0.6) is 11.5 Å². The standard InChI is InChI=1S/C66H76N4O/c1-61(2,3)46-34-35-67-57(39-46)70-55-33-24-23-32-53(55)58-54(66(15,16)45-28-21-18-22-29-45)41-52(42-56(58)70)71-51-38-48(62(4,5)6)37-50(40-51)69-43-68(59(63(7,8)9)60(69)64(10,11)12)49-31-25-30-47(36-49)65(13,14)44-26-19-17-20-27-44/h17-42H,43H2,1-16H3. The third-order valence-corrected chi connectivity index (χ3v) is 14.9. The zero-order valence-electron chi connectivity index (χ0n) is 45.4. The zero-order valence-corrected chi connectivity index (χ0v) is 45.4. The van der Waals surface area contributed by atoms with Gasteiger partial charge >= 0.3 is 0 Å². The Morgan fingerprint density at radius 3 is 1.55 bits per heavy atom. The van der Waals surface area contributed by atoms with Crippen molar-refractivity contribution in [2.24, 2.45) is 10.8 Å². The van der Waals surface area contributed by atoms with E-state index in [9.17, 15) is 0 Å². The molecule has 0 aliphatic carbocycles. The molecule has 2 aromatic heterocycles. The second kappa shape index (κ2) is 17.6. The van der Waals surface area contributed by atoms with Crippen LogP contribution in [0.2, 0.25) is 0 Å². The lowest BCUT2D eigenvalue weighted by molar-refractivity contribution is 0.444. The van der Waals surface area contributed by atoms with Gasteiger partial charge in [-0.05, 0) is 92.7 Å². The average molecular weight is 941 g/mol. The normalized spacial score (nSPS) is 14.3. The fourth-order valence-electron chi connectivity index (χ4n) is 10.8. The number of pyridine rings is 1. The van der Waals surface area contributed by atoms with Crippen molar-refractivity contribution in [3.8, 4) is 17.3 Å². The SMILES string of the molecule is CC(C)(C)C1=C(C(C)(C)C)N(c2cccc(C(C)(C)c3ccccc3)c2)CN1c1cc(Oc2cc(C(C)(C)c3ccccc3)c3c4ccccc4n(-c4cc(C(C)(C)C)ccn4)c3c2)cc(C(C)(C)C)c1. The van der Waals surface area contributed by atoms with Crippen LogP contribution in [0.4, 0.5) is 11.4 Å². The summed E-state index contributed by atoms with van der Waals surface area (Å²) in [4.78, 5) is 10.2. The summed E-state index contributed by atoms with van der Waals surface area (Å²) < 4.78 is 9.74. The Labute approximate surface area is 425 Å². The Morgan fingerprint density at radius 1 is 0.408 bits per heavy atom. The van der Waals surface area contributed by atoms with Crippen LogP contribution in [0.25, 0.3) is 27.6 Å². The van der Waals surface area contributed by atoms with Crippen molar-refractivity contribution in [1.29, 1.82) is 0 Å². The van der Waals surface area contributed by atoms with Crippen molar-refractivity contribution >= 4 is 33.2 Å². The number of benzene rings is 6. The summed E-state index contributed by atoms with van der Waals surface area (Å²) >= 11 is 0. The van der Waals surface area contributed by atoms with E-state index < -0.39 is 0 Å². The Bertz CT molecular complexity index is 3290. The van der Waals surface area contributed by atoms with Gasteiger partial charge in [0.05, 0.1) is 17.7 Å². The quantitative estimate of drug-likeness (QED) is 0.144. The average Bonchev–Trinajstić information content (AvgIpc) is 3.90. The molecule has 0 fully saturated rings. The molecule has 5 nitrogen and oxygen atoms in total. The van der Waals surface area contributed by atoms with E-state index in [1.807, 2.05) is 6.20 Å². The van der Waals surface area contributed by atoms with Gasteiger partial charge in [-0.2, -0.15) is 0 Å². The second-order valence-corrected chi connectivity index (χ2v) is 25.2. The van der Waals surface area contributed by atoms with E-state index in [4.69, 9.17) is 9.72 Å². The molecule has 8 aromatic rings. The molecule has 1 aliphatic heterocycles. The summed E-state index contributed by atoms with van der Waals surface area (Å²) in [7, 11) is 0. The number of hydrogen-bond donors (Lipinski definition) is 0. The molecule has 366 valence electrons. The molecule has 0 bridgehead atoms. The van der Waals surface area contributed by atoms with Crippen LogP contribution in [0.3, 0.4) is 0 Å². The minimum Gasteiger partial charge on any atom is -0.457 e. The lowest BCUT2D eigenvalue weighted by atomic mass is 9.76. The van der Waals surface area contributed by atoms with Gasteiger partial charge in [0.2, 0.25) is 0 Å². The molecular formula is C66H76N4O. The van der Waals surface area contributed by atoms with Crippen LogP contribution in [0.15, 0.2) is 169 Å². The molecule has 3 heterocycles. The monoisotopic (exact) mass is 941 g/mol. The van der Waals surface area contributed by atoms with E-state index in [0.717, 1.165) is 34.0 Å². The predicted molar refractivity (Wildman–Crippen MR) is 302 cm³/mol. The fourth-order valence-corrected chi connectivity index (χ4v) is 10.8. The van der Waals surface area contributed by atoms with Crippen molar-refractivity contribution in [2.45, 2.75) is 132 Å². The maximum Gasteiger partial charge on any atom is 0.137 e. The van der Waals surface area contributed by atoms with Crippen molar-refractivity contribution < 1.29 is 4.74 Å². The summed E-state index contributed by atoms with van der Waals surface area (Å²) in [5.74, 6) is 2.49. The van der Waals surface area contributed by atoms with Gasteiger partial charge in [0.15, 0.2) is 0 Å². The molecule has 0 saturated carbocycles. The first-order chi connectivity index (χ1) is 33.2. The van der Waals surface area contributed by atoms with E-state index >= 15 is 0 Å². The van der Waals surface area contributed by atoms with Gasteiger partial charge < -0.3 is 14.5 Å². The van der Waals surface area contributed by atoms with Crippen LogP contribution < -0.4 is 14.5 Å². The minimum absolute atomic E-state index is 0.0493. The highest BCUT2D eigenvalue weighted by Crippen LogP contribution is 2.50. The minimum atomic E-state index is -0.380. The molecular weight excluding hydrogens is 865 g/mol. The molecule has 0 radical (unpaired) electrons. The van der Waals surface area contributed by atoms with Crippen LogP contribution in [0, 0.1) is 10.8 Å². The maximum absolute atomic E-state index is 7.39. The second-order valence-electron chi connectivity index (χ2n) is 25.2. The van der Waals surface area contributed by atoms with Gasteiger partial charge in [-0.3, -0.25) is 4.57 Å². The van der Waals surface area contributed by atoms with Gasteiger partial charge in [0.25, 0.3) is 0 Å². The Balaban J connectivity index is 1.24. The van der Waals surface area contributed by atoms with Gasteiger partial charge in [-0.25, -0.2) is 4.98 Å². The number of ether oxygens (including phenoxy) is 1. The van der Waals surface area contributed by atoms with Gasteiger partial charge in [0, 0.05) is 73.5 Å². The van der Waals surface area contributed by atoms with Crippen molar-refractivity contribution in [3.05, 3.63) is 203 Å². The number of nitrogens with zero attached hydrogens (tertiary/aromatic N) is 4. The maximum atomic E-state index is 7.39. The third-order valence-electron chi connectivity index (χ3n) is 14.9. The lowest BCUT2D eigenvalue weighted by Gasteiger charge is -2.35. The van der Waals surface area contributed by atoms with Crippen molar-refractivity contribution in [3.63, 3.8) is 0 Å². The zero-order chi connectivity index (χ0) is 51.1. The highest BCUT2D eigenvalue weighted by atomic mass is 16.5. The number of allylic oxidation sites excluding steroid dienone is 2. The number of para-hydroxylation sites is 1. The van der Waals surface area contributed by atoms with Crippen molar-refractivity contribution in [2.75, 3.05) is 16.5 Å². The van der Waals surface area contributed by atoms with Crippen LogP contribution in [-0.4, -0.2) is 16.2 Å². The molecule has 0 amide bonds. The molecule has 0 atom stereocenters. The number of hydrogen-bond acceptors (Lipinski definition) is 4. The summed E-state index contributed by atoms with van der Waals surface area (Å²) in [6, 6.07) is 55.7. The van der Waals surface area contributed by atoms with Gasteiger partial charge in [-0.15, -0.1) is 0 Å². The van der Waals surface area contributed by atoms with Crippen LogP contribution >= 0.6 is 0 Å². The predicted octanol–water partition coefficient (Wildman–Crippen LogP) is 17.8. The van der Waals surface area contributed by atoms with Gasteiger partial charge in [-0.1, -0.05) is 202 Å². The molecule has 71 heavy (non-hydrogen) atoms. The number of fused-ring (bicyclic) bond motifs is 3. The number of anilines is 2. The molecule has 0 N–H and O–H groups in total. The first-order valence-corrected chi connectivity index (χ1v) is 25.6. The summed E-state index contributed by atoms with van der Waals surface area (Å²) in [6.07, 6.45) is 1.96. The Hall–Kier alpha value is -6.59. The molecule has 1 aliphatic rings. The Morgan fingerprint density at radius 2 is 0.944 bits per heavy atom. The van der Waals surface area contributed by atoms with Crippen LogP contribution in [-0.2, 0) is 21.7 Å². The largest absolute Gasteiger partial charge is 0.457 e. The lowest BCUT2D eigenvalue weighted by Crippen LogP contribution is -2.31. The van der Waals surface area contributed by atoms with E-state index in [2.05, 4.69) is 277 Å². The van der Waals surface area contributed by atoms with Gasteiger partial charge in [0.1, 0.15) is 17.3 Å². The highest BCUT2D eigenvalue weighted by Gasteiger charge is 2.42. The topological polar surface area (TPSA) is 33.5 Å². The molecule has 6 aromatic carbocycles. The molecule has 9 rings (SSSR count). The highest BCUT2D eigenvalue weighted by molar-refractivity contribution is 6.11. The summed E-state index contributed by atoms with van der Waals surface area (Å²) in [5.41, 5.74) is 13.5. The molecule has 0 saturated heterocycles. The molecule has 0 unspecified atom stereocenters. The summed E-state index contributed by atoms with van der Waals surface area (Å²) in [5, 5.41) is 2.40. The van der Waals surface area contributed by atoms with Crippen LogP contribution in [0.1, 0.15) is 144 Å². The van der Waals surface area contributed by atoms with E-state index in [1.165, 1.54) is 61.2 Å². The van der Waals surface area contributed by atoms with E-state index in [1.54, 1.807) is 0 Å². The third kappa shape index (κ3) is 9.29. The molecule has 0 spiro atoms. The first-order valence-electron chi connectivity index (χ1n) is 25.6. The summed E-state index contributed by atoms with van der Waals surface area (Å²) in [6.45, 7) is 37.9. The first kappa shape index (κ1) is 49.4. The van der Waals surface area contributed by atoms with Crippen molar-refractivity contribution in [1.82, 2.24) is 9.55 Å². The van der Waals surface area contributed by atoms with E-state index in [-0.39, 0.29) is 32.5 Å².